The second-order valence-electron chi connectivity index (χ2n) is 28.8. The van der Waals surface area contributed by atoms with Crippen LogP contribution in [0.15, 0.2) is 71.6 Å². The molecule has 1 saturated heterocycles. The average Bonchev–Trinajstić information content (AvgIpc) is 1.38. The Hall–Kier alpha value is -11.0. The van der Waals surface area contributed by atoms with E-state index in [0.29, 0.717) is 5.69 Å². The van der Waals surface area contributed by atoms with Crippen LogP contribution in [0.5, 0.6) is 0 Å². The van der Waals surface area contributed by atoms with Gasteiger partial charge in [0.15, 0.2) is 0 Å². The molecule has 4 aliphatic carbocycles. The summed E-state index contributed by atoms with van der Waals surface area (Å²) in [4.78, 5) is 32.2. The highest BCUT2D eigenvalue weighted by Gasteiger charge is 2.82. The number of nitro benzene ring substituents is 1. The Labute approximate surface area is 468 Å². The van der Waals surface area contributed by atoms with Crippen LogP contribution in [0, 0.1) is 10.1 Å². The number of benzene rings is 21. The topological polar surface area (TPSA) is 101 Å². The maximum Gasteiger partial charge on any atom is 0.340 e. The summed E-state index contributed by atoms with van der Waals surface area (Å²) >= 11 is 0. The summed E-state index contributed by atoms with van der Waals surface area (Å²) in [6, 6.07) is 19.4. The number of urea groups is 1. The molecule has 1 heterocycles. The minimum atomic E-state index is -4.95. The van der Waals surface area contributed by atoms with Gasteiger partial charge in [-0.05, 0) is 314 Å². The Morgan fingerprint density at radius 3 is 0.860 bits per heavy atom. The number of nitro groups is 1. The number of carbonyl (C=O) groups is 1. The first-order valence-corrected chi connectivity index (χ1v) is 31.7. The van der Waals surface area contributed by atoms with Gasteiger partial charge in [-0.2, -0.15) is 4.31 Å². The number of anilines is 1. The Balaban J connectivity index is 1.02. The minimum Gasteiger partial charge on any atom is -0.275 e. The predicted molar refractivity (Wildman–Crippen MR) is 348 cm³/mol. The second kappa shape index (κ2) is 8.22. The Kier molecular flexibility index (Phi) is 3.30. The van der Waals surface area contributed by atoms with Gasteiger partial charge < -0.3 is 0 Å². The van der Waals surface area contributed by atoms with Crippen LogP contribution in [-0.4, -0.2) is 23.7 Å². The van der Waals surface area contributed by atoms with Gasteiger partial charge in [-0.1, -0.05) is 36.4 Å². The van der Waals surface area contributed by atoms with E-state index in [1.54, 1.807) is 0 Å². The molecule has 0 atom stereocenters. The van der Waals surface area contributed by atoms with Gasteiger partial charge in [-0.15, -0.1) is 0 Å². The van der Waals surface area contributed by atoms with E-state index >= 15 is 13.2 Å². The highest BCUT2D eigenvalue weighted by molar-refractivity contribution is 7.89. The third-order valence-electron chi connectivity index (χ3n) is 27.8. The van der Waals surface area contributed by atoms with Crippen LogP contribution in [-0.2, 0) is 21.1 Å². The molecule has 370 valence electrons. The molecule has 31 aromatic carbocycles. The third-order valence-corrected chi connectivity index (χ3v) is 29.6. The van der Waals surface area contributed by atoms with E-state index < -0.39 is 32.1 Å². The summed E-state index contributed by atoms with van der Waals surface area (Å²) in [5, 5.41) is 88.3. The van der Waals surface area contributed by atoms with Gasteiger partial charge >= 0.3 is 6.03 Å². The van der Waals surface area contributed by atoms with Crippen LogP contribution in [0.4, 0.5) is 16.2 Å². The minimum absolute atomic E-state index is 0.135. The number of amides is 2. The molecule has 0 aromatic heterocycles. The van der Waals surface area contributed by atoms with Crippen molar-refractivity contribution in [2.24, 2.45) is 0 Å². The number of fused-ring (bicyclic) bond motifs is 1. The van der Waals surface area contributed by atoms with Crippen LogP contribution < -0.4 is 4.90 Å². The van der Waals surface area contributed by atoms with Crippen molar-refractivity contribution in [1.82, 2.24) is 4.31 Å². The first-order valence-electron chi connectivity index (χ1n) is 30.3. The SMILES string of the molecule is O=C1N(c2cccc3ccccc23)C23c4c5c6c7c8c9c(c%10c%11c2c2c4c4c%12c5c5c6c6c8c8c%13c9c9c%10c%10c%11c%11c2c2c4c4c%12c%12c5c5c6c8c6c8c%13c9c9c%10c%10c%11c2c2c4c4c%12c5c6c5c8c9c%10c2c45)C73N1S(=O)(=O)c1ccc([N+](=O)[O-])cc1. The van der Waals surface area contributed by atoms with Crippen molar-refractivity contribution in [3.05, 3.63) is 99.1 Å². The largest absolute Gasteiger partial charge is 0.340 e. The molecule has 8 nitrogen and oxygen atoms in total. The van der Waals surface area contributed by atoms with Gasteiger partial charge in [-0.25, -0.2) is 13.2 Å². The van der Waals surface area contributed by atoms with Crippen LogP contribution in [0.25, 0.3) is 302 Å². The molecule has 5 aliphatic rings. The van der Waals surface area contributed by atoms with Crippen molar-refractivity contribution in [3.8, 4) is 0 Å². The fraction of sp³-hybridized carbons (Fsp3) is 0.0260. The van der Waals surface area contributed by atoms with Gasteiger partial charge in [0.2, 0.25) is 0 Å². The Bertz CT molecular complexity index is 8540. The highest BCUT2D eigenvalue weighted by Crippen LogP contribution is 2.86. The Morgan fingerprint density at radius 2 is 0.570 bits per heavy atom. The lowest BCUT2D eigenvalue weighted by Crippen LogP contribution is -2.60. The first kappa shape index (κ1) is 34.6. The van der Waals surface area contributed by atoms with Gasteiger partial charge in [0.1, 0.15) is 11.1 Å². The number of nitrogens with zero attached hydrogens (tertiary/aromatic N) is 3. The molecule has 2 amide bonds. The highest BCUT2D eigenvalue weighted by atomic mass is 32.2. The number of hydrogen-bond donors (Lipinski definition) is 0. The van der Waals surface area contributed by atoms with Crippen LogP contribution in [0.2, 0.25) is 0 Å². The normalized spacial score (nSPS) is 20.8. The van der Waals surface area contributed by atoms with Gasteiger partial charge in [0.25, 0.3) is 15.7 Å². The van der Waals surface area contributed by atoms with Crippen LogP contribution in [0.1, 0.15) is 22.3 Å². The number of carbonyl (C=O) groups excluding carboxylic acids is 1. The molecule has 31 aromatic rings. The molecule has 86 heavy (non-hydrogen) atoms. The average molecular weight is 1090 g/mol. The monoisotopic (exact) mass is 1090 g/mol. The van der Waals surface area contributed by atoms with Gasteiger partial charge in [-0.3, -0.25) is 15.0 Å². The van der Waals surface area contributed by atoms with Crippen molar-refractivity contribution in [2.45, 2.75) is 16.0 Å². The van der Waals surface area contributed by atoms with E-state index in [1.807, 2.05) is 0 Å². The zero-order valence-corrected chi connectivity index (χ0v) is 44.0. The van der Waals surface area contributed by atoms with E-state index in [1.165, 1.54) is 298 Å². The summed E-state index contributed by atoms with van der Waals surface area (Å²) in [7, 11) is -4.95. The van der Waals surface area contributed by atoms with Crippen molar-refractivity contribution in [2.75, 3.05) is 4.90 Å². The maximum atomic E-state index is 18.2. The van der Waals surface area contributed by atoms with Crippen molar-refractivity contribution in [1.29, 1.82) is 0 Å². The standard InChI is InChI=1S/C77H11N3O5S/c81-75-78(16-7-3-5-12-4-1-2-6-15(12)16)76-71-63-55-45-35-27-19-17-18-21-25-23(19)31-39-33(25)43-37-29(21)30-22(18)26-24-20(17)28(27)36-42-32(24)40-34(26)44-38(30)48-47(37)57-51(43)61-53(39)59(49(55)41(31)35)65(71)67(61)73-69(57)70-58(48)52(44)62-54(40)60-50(42)56(46(36)45)64(63)72(76)66(60)68(62)74(70)77(73,76)79(75)86(84,85)14-10-8-13(9-11-14)80(82)83/h1-11H. The van der Waals surface area contributed by atoms with Crippen LogP contribution >= 0.6 is 0 Å². The molecule has 0 saturated carbocycles. The first-order chi connectivity index (χ1) is 42.4. The van der Waals surface area contributed by atoms with E-state index in [4.69, 9.17) is 0 Å². The molecule has 36 rings (SSSR count). The molecular weight excluding hydrogens is 1080 g/mol. The molecule has 0 unspecified atom stereocenters. The second-order valence-corrected chi connectivity index (χ2v) is 30.6. The Morgan fingerprint density at radius 1 is 0.314 bits per heavy atom. The molecule has 0 bridgehead atoms. The summed E-state index contributed by atoms with van der Waals surface area (Å²) < 4.78 is 36.7. The molecular formula is C77H11N3O5S. The number of hydrogen-bond acceptors (Lipinski definition) is 5. The molecule has 1 fully saturated rings. The van der Waals surface area contributed by atoms with Gasteiger partial charge in [0.05, 0.1) is 15.5 Å². The van der Waals surface area contributed by atoms with Crippen molar-refractivity contribution < 1.29 is 18.1 Å². The molecule has 9 heteroatoms. The zero-order valence-electron chi connectivity index (χ0n) is 43.1. The maximum absolute atomic E-state index is 18.2. The molecule has 0 radical (unpaired) electrons. The number of sulfonamides is 1. The third kappa shape index (κ3) is 2.02. The van der Waals surface area contributed by atoms with Gasteiger partial charge in [0, 0.05) is 39.8 Å². The van der Waals surface area contributed by atoms with E-state index in [2.05, 4.69) is 47.4 Å². The fourth-order valence-electron chi connectivity index (χ4n) is 27.1. The summed E-state index contributed by atoms with van der Waals surface area (Å²) in [5.74, 6) is 0. The summed E-state index contributed by atoms with van der Waals surface area (Å²) in [6.45, 7) is 0. The number of non-ortho nitro benzene ring substituents is 1. The summed E-state index contributed by atoms with van der Waals surface area (Å²) in [5.41, 5.74) is 1.44. The van der Waals surface area contributed by atoms with E-state index in [0.717, 1.165) is 54.6 Å². The van der Waals surface area contributed by atoms with E-state index in [-0.39, 0.29) is 10.6 Å². The predicted octanol–water partition coefficient (Wildman–Crippen LogP) is 19.6. The van der Waals surface area contributed by atoms with E-state index in [9.17, 15) is 10.1 Å². The van der Waals surface area contributed by atoms with Crippen molar-refractivity contribution in [3.63, 3.8) is 0 Å². The summed E-state index contributed by atoms with van der Waals surface area (Å²) in [6.07, 6.45) is 0. The molecule has 0 N–H and O–H groups in total. The molecule has 2 spiro atoms. The smallest absolute Gasteiger partial charge is 0.275 e. The lowest BCUT2D eigenvalue weighted by molar-refractivity contribution is -0.384. The fourth-order valence-corrected chi connectivity index (χ4v) is 28.8. The molecule has 1 aliphatic heterocycles. The lowest BCUT2D eigenvalue weighted by atomic mass is 9.57. The number of rotatable bonds is 4. The quantitative estimate of drug-likeness (QED) is 0.0993. The van der Waals surface area contributed by atoms with Crippen LogP contribution in [0.3, 0.4) is 0 Å². The zero-order chi connectivity index (χ0) is 53.0. The lowest BCUT2D eigenvalue weighted by Gasteiger charge is -2.53. The van der Waals surface area contributed by atoms with Crippen molar-refractivity contribution >= 4 is 329 Å².